The largest absolute Gasteiger partial charge is 0.457 e. The fourth-order valence-electron chi connectivity index (χ4n) is 1.71. The van der Waals surface area contributed by atoms with Crippen LogP contribution in [-0.2, 0) is 4.74 Å². The van der Waals surface area contributed by atoms with Crippen LogP contribution >= 0.6 is 11.8 Å². The highest BCUT2D eigenvalue weighted by molar-refractivity contribution is 8.13. The van der Waals surface area contributed by atoms with E-state index in [1.54, 1.807) is 0 Å². The van der Waals surface area contributed by atoms with Gasteiger partial charge in [0.15, 0.2) is 0 Å². The SMILES string of the molecule is CC(C)COC(=O)Sc1ccc(-c2ccccc2)cc1. The number of rotatable bonds is 4. The van der Waals surface area contributed by atoms with E-state index in [2.05, 4.69) is 12.1 Å². The van der Waals surface area contributed by atoms with Gasteiger partial charge in [-0.25, -0.2) is 4.79 Å². The van der Waals surface area contributed by atoms with Crippen molar-refractivity contribution in [3.63, 3.8) is 0 Å². The molecule has 0 atom stereocenters. The Kier molecular flexibility index (Phi) is 5.24. The third-order valence-electron chi connectivity index (χ3n) is 2.70. The van der Waals surface area contributed by atoms with Crippen molar-refractivity contribution in [2.45, 2.75) is 18.7 Å². The van der Waals surface area contributed by atoms with Crippen molar-refractivity contribution in [3.8, 4) is 11.1 Å². The number of hydrogen-bond acceptors (Lipinski definition) is 3. The van der Waals surface area contributed by atoms with Crippen LogP contribution in [0.1, 0.15) is 13.8 Å². The summed E-state index contributed by atoms with van der Waals surface area (Å²) in [5, 5.41) is -0.244. The molecule has 3 heteroatoms. The Morgan fingerprint density at radius 1 is 1.00 bits per heavy atom. The molecule has 0 unspecified atom stereocenters. The average molecular weight is 286 g/mol. The maximum Gasteiger partial charge on any atom is 0.372 e. The van der Waals surface area contributed by atoms with E-state index in [0.717, 1.165) is 22.2 Å². The summed E-state index contributed by atoms with van der Waals surface area (Å²) in [6.07, 6.45) is 0. The van der Waals surface area contributed by atoms with Crippen LogP contribution in [0, 0.1) is 5.92 Å². The van der Waals surface area contributed by atoms with Crippen LogP contribution in [-0.4, -0.2) is 11.9 Å². The molecule has 2 aromatic carbocycles. The van der Waals surface area contributed by atoms with Gasteiger partial charge < -0.3 is 4.74 Å². The lowest BCUT2D eigenvalue weighted by Gasteiger charge is -2.07. The minimum atomic E-state index is -0.244. The molecule has 0 aliphatic rings. The van der Waals surface area contributed by atoms with Gasteiger partial charge in [-0.1, -0.05) is 56.3 Å². The van der Waals surface area contributed by atoms with Crippen molar-refractivity contribution in [2.24, 2.45) is 5.92 Å². The van der Waals surface area contributed by atoms with Crippen molar-refractivity contribution in [2.75, 3.05) is 6.61 Å². The van der Waals surface area contributed by atoms with Crippen molar-refractivity contribution >= 4 is 17.1 Å². The van der Waals surface area contributed by atoms with Crippen molar-refractivity contribution in [1.29, 1.82) is 0 Å². The summed E-state index contributed by atoms with van der Waals surface area (Å²) in [5.41, 5.74) is 2.32. The summed E-state index contributed by atoms with van der Waals surface area (Å²) in [4.78, 5) is 12.5. The lowest BCUT2D eigenvalue weighted by atomic mass is 10.1. The van der Waals surface area contributed by atoms with Crippen LogP contribution in [0.5, 0.6) is 0 Å². The van der Waals surface area contributed by atoms with Crippen molar-refractivity contribution in [3.05, 3.63) is 54.6 Å². The first-order chi connectivity index (χ1) is 9.65. The van der Waals surface area contributed by atoms with E-state index in [4.69, 9.17) is 4.74 Å². The molecule has 0 spiro atoms. The first-order valence-electron chi connectivity index (χ1n) is 6.65. The summed E-state index contributed by atoms with van der Waals surface area (Å²) in [6.45, 7) is 4.51. The van der Waals surface area contributed by atoms with Crippen LogP contribution in [0.2, 0.25) is 0 Å². The highest BCUT2D eigenvalue weighted by atomic mass is 32.2. The second-order valence-corrected chi connectivity index (χ2v) is 5.96. The summed E-state index contributed by atoms with van der Waals surface area (Å²) >= 11 is 1.13. The third kappa shape index (κ3) is 4.42. The maximum absolute atomic E-state index is 11.6. The third-order valence-corrected chi connectivity index (χ3v) is 3.49. The second kappa shape index (κ2) is 7.15. The van der Waals surface area contributed by atoms with Gasteiger partial charge in [0.25, 0.3) is 0 Å². The average Bonchev–Trinajstić information content (AvgIpc) is 2.47. The Bertz CT molecular complexity index is 547. The molecule has 2 nitrogen and oxygen atoms in total. The standard InChI is InChI=1S/C17H18O2S/c1-13(2)12-19-17(18)20-16-10-8-15(9-11-16)14-6-4-3-5-7-14/h3-11,13H,12H2,1-2H3. The van der Waals surface area contributed by atoms with E-state index in [1.165, 1.54) is 5.56 Å². The molecular weight excluding hydrogens is 268 g/mol. The minimum absolute atomic E-state index is 0.244. The number of ether oxygens (including phenoxy) is 1. The van der Waals surface area contributed by atoms with Crippen molar-refractivity contribution < 1.29 is 9.53 Å². The zero-order chi connectivity index (χ0) is 14.4. The van der Waals surface area contributed by atoms with Gasteiger partial charge in [-0.15, -0.1) is 0 Å². The minimum Gasteiger partial charge on any atom is -0.457 e. The van der Waals surface area contributed by atoms with E-state index in [0.29, 0.717) is 12.5 Å². The molecule has 104 valence electrons. The van der Waals surface area contributed by atoms with E-state index in [1.807, 2.05) is 56.3 Å². The highest BCUT2D eigenvalue weighted by Gasteiger charge is 2.07. The molecule has 2 aromatic rings. The number of thioether (sulfide) groups is 1. The molecule has 0 saturated heterocycles. The summed E-state index contributed by atoms with van der Waals surface area (Å²) in [6, 6.07) is 18.1. The molecule has 0 aromatic heterocycles. The smallest absolute Gasteiger partial charge is 0.372 e. The maximum atomic E-state index is 11.6. The van der Waals surface area contributed by atoms with Crippen LogP contribution in [0.25, 0.3) is 11.1 Å². The Morgan fingerprint density at radius 2 is 1.60 bits per heavy atom. The molecule has 0 saturated carbocycles. The monoisotopic (exact) mass is 286 g/mol. The second-order valence-electron chi connectivity index (χ2n) is 4.95. The topological polar surface area (TPSA) is 26.3 Å². The Balaban J connectivity index is 1.97. The number of carbonyl (C=O) groups excluding carboxylic acids is 1. The molecule has 20 heavy (non-hydrogen) atoms. The first-order valence-corrected chi connectivity index (χ1v) is 7.47. The van der Waals surface area contributed by atoms with E-state index in [9.17, 15) is 4.79 Å². The van der Waals surface area contributed by atoms with Crippen molar-refractivity contribution in [1.82, 2.24) is 0 Å². The number of benzene rings is 2. The fraction of sp³-hybridized carbons (Fsp3) is 0.235. The van der Waals surface area contributed by atoms with Crippen LogP contribution in [0.15, 0.2) is 59.5 Å². The molecule has 0 heterocycles. The summed E-state index contributed by atoms with van der Waals surface area (Å²) in [7, 11) is 0. The van der Waals surface area contributed by atoms with Gasteiger partial charge in [-0.2, -0.15) is 0 Å². The van der Waals surface area contributed by atoms with Crippen LogP contribution in [0.3, 0.4) is 0 Å². The molecule has 0 aliphatic carbocycles. The fourth-order valence-corrected chi connectivity index (χ4v) is 2.30. The van der Waals surface area contributed by atoms with E-state index >= 15 is 0 Å². The van der Waals surface area contributed by atoms with Crippen LogP contribution < -0.4 is 0 Å². The Hall–Kier alpha value is -1.74. The predicted molar refractivity (Wildman–Crippen MR) is 83.9 cm³/mol. The van der Waals surface area contributed by atoms with Gasteiger partial charge in [0.05, 0.1) is 6.61 Å². The predicted octanol–water partition coefficient (Wildman–Crippen LogP) is 5.24. The van der Waals surface area contributed by atoms with Gasteiger partial charge in [0.1, 0.15) is 0 Å². The normalized spacial score (nSPS) is 10.6. The molecule has 0 fully saturated rings. The Labute approximate surface area is 124 Å². The zero-order valence-corrected chi connectivity index (χ0v) is 12.5. The molecule has 0 bridgehead atoms. The number of hydrogen-bond donors (Lipinski definition) is 0. The molecule has 2 rings (SSSR count). The van der Waals surface area contributed by atoms with E-state index < -0.39 is 0 Å². The van der Waals surface area contributed by atoms with E-state index in [-0.39, 0.29) is 5.30 Å². The summed E-state index contributed by atoms with van der Waals surface area (Å²) < 4.78 is 5.15. The molecule has 0 N–H and O–H groups in total. The van der Waals surface area contributed by atoms with Gasteiger partial charge in [-0.3, -0.25) is 0 Å². The molecule has 0 radical (unpaired) electrons. The Morgan fingerprint density at radius 3 is 2.20 bits per heavy atom. The lowest BCUT2D eigenvalue weighted by Crippen LogP contribution is -2.04. The van der Waals surface area contributed by atoms with Gasteiger partial charge in [0.2, 0.25) is 0 Å². The quantitative estimate of drug-likeness (QED) is 0.568. The number of carbonyl (C=O) groups is 1. The first kappa shape index (κ1) is 14.7. The molecular formula is C17H18O2S. The van der Waals surface area contributed by atoms with Gasteiger partial charge in [-0.05, 0) is 40.9 Å². The van der Waals surface area contributed by atoms with Crippen LogP contribution in [0.4, 0.5) is 4.79 Å². The zero-order valence-electron chi connectivity index (χ0n) is 11.7. The summed E-state index contributed by atoms with van der Waals surface area (Å²) in [5.74, 6) is 0.361. The van der Waals surface area contributed by atoms with Gasteiger partial charge in [0, 0.05) is 4.90 Å². The molecule has 0 amide bonds. The molecule has 0 aliphatic heterocycles. The highest BCUT2D eigenvalue weighted by Crippen LogP contribution is 2.25. The lowest BCUT2D eigenvalue weighted by molar-refractivity contribution is 0.160. The van der Waals surface area contributed by atoms with Gasteiger partial charge >= 0.3 is 5.30 Å².